The van der Waals surface area contributed by atoms with Crippen molar-refractivity contribution in [3.8, 4) is 11.5 Å². The topological polar surface area (TPSA) is 79.8 Å². The Kier molecular flexibility index (Phi) is 6.15. The lowest BCUT2D eigenvalue weighted by atomic mass is 10.2. The molecule has 0 spiro atoms. The van der Waals surface area contributed by atoms with Gasteiger partial charge in [0.2, 0.25) is 10.0 Å². The molecule has 0 radical (unpaired) electrons. The number of pyridine rings is 1. The molecule has 2 aromatic carbocycles. The number of sulfonamides is 1. The molecule has 1 saturated heterocycles. The van der Waals surface area contributed by atoms with Gasteiger partial charge in [-0.2, -0.15) is 4.31 Å². The summed E-state index contributed by atoms with van der Waals surface area (Å²) >= 11 is 0. The van der Waals surface area contributed by atoms with Crippen molar-refractivity contribution >= 4 is 15.9 Å². The first-order chi connectivity index (χ1) is 15.4. The van der Waals surface area contributed by atoms with Gasteiger partial charge in [0.1, 0.15) is 23.1 Å². The summed E-state index contributed by atoms with van der Waals surface area (Å²) in [5, 5.41) is 0. The standard InChI is InChI=1S/C22H19F2N3O4S/c23-19-4-1-5-20(24)21(19)32(29,30)27-13-11-26(12-14-27)22(28)16-6-8-17(9-7-16)31-18-3-2-10-25-15-18/h1-10,15H,11-14H2. The summed E-state index contributed by atoms with van der Waals surface area (Å²) in [5.41, 5.74) is 0.417. The molecule has 1 aliphatic rings. The van der Waals surface area contributed by atoms with E-state index in [0.717, 1.165) is 22.5 Å². The van der Waals surface area contributed by atoms with E-state index in [9.17, 15) is 22.0 Å². The molecule has 3 aromatic rings. The lowest BCUT2D eigenvalue weighted by Gasteiger charge is -2.34. The van der Waals surface area contributed by atoms with Crippen LogP contribution in [0.5, 0.6) is 11.5 Å². The van der Waals surface area contributed by atoms with Crippen molar-refractivity contribution < 1.29 is 26.7 Å². The number of aromatic nitrogens is 1. The highest BCUT2D eigenvalue weighted by Gasteiger charge is 2.34. The third kappa shape index (κ3) is 4.46. The number of benzene rings is 2. The maximum Gasteiger partial charge on any atom is 0.253 e. The first kappa shape index (κ1) is 21.8. The SMILES string of the molecule is O=C(c1ccc(Oc2cccnc2)cc1)N1CCN(S(=O)(=O)c2c(F)cccc2F)CC1. The van der Waals surface area contributed by atoms with Crippen LogP contribution in [0.4, 0.5) is 8.78 Å². The minimum atomic E-state index is -4.35. The Morgan fingerprint density at radius 3 is 2.12 bits per heavy atom. The van der Waals surface area contributed by atoms with Gasteiger partial charge in [0, 0.05) is 37.9 Å². The Balaban J connectivity index is 1.40. The van der Waals surface area contributed by atoms with Gasteiger partial charge >= 0.3 is 0 Å². The number of rotatable bonds is 5. The molecule has 2 heterocycles. The van der Waals surface area contributed by atoms with Crippen molar-refractivity contribution in [1.82, 2.24) is 14.2 Å². The highest BCUT2D eigenvalue weighted by atomic mass is 32.2. The minimum Gasteiger partial charge on any atom is -0.456 e. The van der Waals surface area contributed by atoms with Gasteiger partial charge in [0.15, 0.2) is 4.90 Å². The molecule has 0 bridgehead atoms. The van der Waals surface area contributed by atoms with Gasteiger partial charge in [-0.05, 0) is 48.5 Å². The molecule has 1 aromatic heterocycles. The van der Waals surface area contributed by atoms with Crippen LogP contribution >= 0.6 is 0 Å². The summed E-state index contributed by atoms with van der Waals surface area (Å²) in [6.45, 7) is 0.0677. The van der Waals surface area contributed by atoms with E-state index >= 15 is 0 Å². The van der Waals surface area contributed by atoms with Gasteiger partial charge in [-0.25, -0.2) is 17.2 Å². The average molecular weight is 459 g/mol. The Labute approximate surface area is 183 Å². The molecule has 0 N–H and O–H groups in total. The summed E-state index contributed by atoms with van der Waals surface area (Å²) in [7, 11) is -4.35. The van der Waals surface area contributed by atoms with Crippen LogP contribution in [-0.4, -0.2) is 54.7 Å². The largest absolute Gasteiger partial charge is 0.456 e. The van der Waals surface area contributed by atoms with Crippen LogP contribution in [0, 0.1) is 11.6 Å². The fourth-order valence-electron chi connectivity index (χ4n) is 3.38. The predicted molar refractivity (Wildman–Crippen MR) is 112 cm³/mol. The maximum atomic E-state index is 14.0. The average Bonchev–Trinajstić information content (AvgIpc) is 2.80. The number of carbonyl (C=O) groups is 1. The van der Waals surface area contributed by atoms with Crippen molar-refractivity contribution in [1.29, 1.82) is 0 Å². The fraction of sp³-hybridized carbons (Fsp3) is 0.182. The molecule has 0 atom stereocenters. The van der Waals surface area contributed by atoms with Crippen molar-refractivity contribution in [2.75, 3.05) is 26.2 Å². The van der Waals surface area contributed by atoms with Crippen molar-refractivity contribution in [3.05, 3.63) is 84.2 Å². The van der Waals surface area contributed by atoms with E-state index in [1.54, 1.807) is 48.8 Å². The summed E-state index contributed by atoms with van der Waals surface area (Å²) in [5.74, 6) is -1.45. The number of carbonyl (C=O) groups excluding carboxylic acids is 1. The van der Waals surface area contributed by atoms with Crippen LogP contribution < -0.4 is 4.74 Å². The summed E-state index contributed by atoms with van der Waals surface area (Å²) in [6.07, 6.45) is 3.20. The van der Waals surface area contributed by atoms with Crippen LogP contribution in [0.15, 0.2) is 71.9 Å². The number of ether oxygens (including phenoxy) is 1. The molecule has 0 aliphatic carbocycles. The van der Waals surface area contributed by atoms with E-state index < -0.39 is 26.6 Å². The van der Waals surface area contributed by atoms with Gasteiger partial charge in [-0.3, -0.25) is 9.78 Å². The number of hydrogen-bond donors (Lipinski definition) is 0. The number of hydrogen-bond acceptors (Lipinski definition) is 5. The second-order valence-corrected chi connectivity index (χ2v) is 8.94. The van der Waals surface area contributed by atoms with E-state index in [0.29, 0.717) is 17.1 Å². The molecular weight excluding hydrogens is 440 g/mol. The van der Waals surface area contributed by atoms with E-state index in [1.165, 1.54) is 4.90 Å². The molecule has 1 aliphatic heterocycles. The van der Waals surface area contributed by atoms with E-state index in [4.69, 9.17) is 4.74 Å². The van der Waals surface area contributed by atoms with Crippen LogP contribution in [0.2, 0.25) is 0 Å². The van der Waals surface area contributed by atoms with E-state index in [1.807, 2.05) is 0 Å². The zero-order valence-corrected chi connectivity index (χ0v) is 17.6. The molecule has 0 saturated carbocycles. The number of amides is 1. The molecule has 0 unspecified atom stereocenters. The summed E-state index contributed by atoms with van der Waals surface area (Å²) in [6, 6.07) is 12.9. The van der Waals surface area contributed by atoms with Crippen molar-refractivity contribution in [2.24, 2.45) is 0 Å². The third-order valence-electron chi connectivity index (χ3n) is 5.01. The quantitative estimate of drug-likeness (QED) is 0.585. The Morgan fingerprint density at radius 2 is 1.53 bits per heavy atom. The lowest BCUT2D eigenvalue weighted by molar-refractivity contribution is 0.0697. The first-order valence-corrected chi connectivity index (χ1v) is 11.2. The van der Waals surface area contributed by atoms with E-state index in [-0.39, 0.29) is 32.1 Å². The van der Waals surface area contributed by atoms with Gasteiger partial charge in [0.05, 0.1) is 6.20 Å². The second kappa shape index (κ2) is 9.01. The number of halogens is 2. The Hall–Kier alpha value is -3.37. The third-order valence-corrected chi connectivity index (χ3v) is 6.96. The second-order valence-electron chi connectivity index (χ2n) is 7.06. The molecule has 1 fully saturated rings. The Bertz CT molecular complexity index is 1190. The van der Waals surface area contributed by atoms with E-state index in [2.05, 4.69) is 4.98 Å². The fourth-order valence-corrected chi connectivity index (χ4v) is 4.91. The summed E-state index contributed by atoms with van der Waals surface area (Å²) < 4.78 is 60.0. The van der Waals surface area contributed by atoms with Crippen molar-refractivity contribution in [3.63, 3.8) is 0 Å². The predicted octanol–water partition coefficient (Wildman–Crippen LogP) is 3.30. The highest BCUT2D eigenvalue weighted by Crippen LogP contribution is 2.25. The van der Waals surface area contributed by atoms with Gasteiger partial charge < -0.3 is 9.64 Å². The summed E-state index contributed by atoms with van der Waals surface area (Å²) in [4.78, 5) is 17.3. The molecule has 166 valence electrons. The lowest BCUT2D eigenvalue weighted by Crippen LogP contribution is -2.50. The minimum absolute atomic E-state index is 0.0654. The zero-order valence-electron chi connectivity index (χ0n) is 16.8. The van der Waals surface area contributed by atoms with Gasteiger partial charge in [-0.1, -0.05) is 6.07 Å². The molecule has 32 heavy (non-hydrogen) atoms. The number of nitrogens with zero attached hydrogens (tertiary/aromatic N) is 3. The highest BCUT2D eigenvalue weighted by molar-refractivity contribution is 7.89. The van der Waals surface area contributed by atoms with Crippen LogP contribution in [0.25, 0.3) is 0 Å². The van der Waals surface area contributed by atoms with Crippen LogP contribution in [-0.2, 0) is 10.0 Å². The van der Waals surface area contributed by atoms with Crippen molar-refractivity contribution in [2.45, 2.75) is 4.90 Å². The molecule has 4 rings (SSSR count). The first-order valence-electron chi connectivity index (χ1n) is 9.77. The smallest absolute Gasteiger partial charge is 0.253 e. The molecule has 1 amide bonds. The molecule has 7 nitrogen and oxygen atoms in total. The van der Waals surface area contributed by atoms with Crippen LogP contribution in [0.1, 0.15) is 10.4 Å². The Morgan fingerprint density at radius 1 is 0.875 bits per heavy atom. The molecular formula is C22H19F2N3O4S. The van der Waals surface area contributed by atoms with Crippen LogP contribution in [0.3, 0.4) is 0 Å². The normalized spacial score (nSPS) is 14.9. The molecule has 10 heteroatoms. The van der Waals surface area contributed by atoms with Gasteiger partial charge in [0.25, 0.3) is 5.91 Å². The zero-order chi connectivity index (χ0) is 22.7. The maximum absolute atomic E-state index is 14.0. The monoisotopic (exact) mass is 459 g/mol. The van der Waals surface area contributed by atoms with Gasteiger partial charge in [-0.15, -0.1) is 0 Å². The number of piperazine rings is 1.